The molecule has 0 aliphatic heterocycles. The van der Waals surface area contributed by atoms with Gasteiger partial charge >= 0.3 is 5.97 Å². The Kier molecular flexibility index (Phi) is 9.57. The number of phenolic OH excluding ortho intramolecular Hbond substituents is 1. The van der Waals surface area contributed by atoms with E-state index in [4.69, 9.17) is 15.8 Å². The van der Waals surface area contributed by atoms with E-state index in [9.17, 15) is 19.8 Å². The highest BCUT2D eigenvalue weighted by Crippen LogP contribution is 2.57. The van der Waals surface area contributed by atoms with E-state index < -0.39 is 29.0 Å². The van der Waals surface area contributed by atoms with E-state index >= 15 is 0 Å². The average molecular weight is 551 g/mol. The van der Waals surface area contributed by atoms with Crippen LogP contribution in [0.25, 0.3) is 0 Å². The molecule has 5 unspecified atom stereocenters. The van der Waals surface area contributed by atoms with Gasteiger partial charge in [-0.15, -0.1) is 6.58 Å². The number of aromatic hydroxyl groups is 1. The number of nitrogens with two attached hydrogens (primary N) is 1. The molecule has 2 fully saturated rings. The number of hydrogen-bond donors (Lipinski definition) is 3. The van der Waals surface area contributed by atoms with Crippen molar-refractivity contribution in [3.8, 4) is 11.8 Å². The smallest absolute Gasteiger partial charge is 0.327 e. The first-order valence-corrected chi connectivity index (χ1v) is 13.9. The van der Waals surface area contributed by atoms with E-state index in [-0.39, 0.29) is 53.0 Å². The first-order chi connectivity index (χ1) is 18.9. The number of aliphatic imine (C=N–C) groups is 1. The molecule has 1 aromatic rings. The molecule has 216 valence electrons. The number of carbonyl (C=O) groups is 2. The topological polar surface area (TPSA) is 158 Å². The minimum atomic E-state index is -0.746. The lowest BCUT2D eigenvalue weighted by molar-refractivity contribution is -0.179. The largest absolute Gasteiger partial charge is 0.507 e. The van der Waals surface area contributed by atoms with Gasteiger partial charge in [-0.25, -0.2) is 0 Å². The number of carbonyl (C=O) groups excluding carboxylic acids is 2. The molecule has 0 heterocycles. The first kappa shape index (κ1) is 31.0. The summed E-state index contributed by atoms with van der Waals surface area (Å²) in [5, 5.41) is 34.4. The summed E-state index contributed by atoms with van der Waals surface area (Å²) >= 11 is 0. The Bertz CT molecular complexity index is 1240. The third-order valence-electron chi connectivity index (χ3n) is 9.73. The van der Waals surface area contributed by atoms with Crippen molar-refractivity contribution in [2.45, 2.75) is 72.5 Å². The molecule has 4 N–H and O–H groups in total. The van der Waals surface area contributed by atoms with Crippen LogP contribution in [0.3, 0.4) is 0 Å². The molecule has 2 saturated carbocycles. The fraction of sp³-hybridized carbons (Fsp3) is 0.581. The molecule has 0 bridgehead atoms. The van der Waals surface area contributed by atoms with Gasteiger partial charge in [0.1, 0.15) is 29.9 Å². The van der Waals surface area contributed by atoms with Gasteiger partial charge in [-0.05, 0) is 48.8 Å². The van der Waals surface area contributed by atoms with Crippen LogP contribution in [0.5, 0.6) is 5.75 Å². The highest BCUT2D eigenvalue weighted by Gasteiger charge is 2.60. The first-order valence-electron chi connectivity index (χ1n) is 13.9. The highest BCUT2D eigenvalue weighted by atomic mass is 16.5. The van der Waals surface area contributed by atoms with Crippen LogP contribution in [0.4, 0.5) is 0 Å². The Morgan fingerprint density at radius 1 is 1.40 bits per heavy atom. The zero-order valence-corrected chi connectivity index (χ0v) is 24.1. The van der Waals surface area contributed by atoms with Gasteiger partial charge in [-0.3, -0.25) is 14.6 Å². The normalized spacial score (nSPS) is 33.5. The Morgan fingerprint density at radius 2 is 2.10 bits per heavy atom. The van der Waals surface area contributed by atoms with E-state index in [1.165, 1.54) is 24.4 Å². The van der Waals surface area contributed by atoms with Gasteiger partial charge in [-0.2, -0.15) is 10.4 Å². The van der Waals surface area contributed by atoms with Crippen molar-refractivity contribution in [1.82, 2.24) is 0 Å². The van der Waals surface area contributed by atoms with Crippen LogP contribution in [-0.4, -0.2) is 52.6 Å². The van der Waals surface area contributed by atoms with Crippen LogP contribution in [-0.2, 0) is 14.3 Å². The maximum absolute atomic E-state index is 13.4. The molecule has 8 atom stereocenters. The Labute approximate surface area is 236 Å². The molecule has 0 saturated heterocycles. The van der Waals surface area contributed by atoms with Crippen LogP contribution < -0.4 is 5.84 Å². The van der Waals surface area contributed by atoms with Crippen molar-refractivity contribution in [1.29, 1.82) is 5.26 Å². The zero-order valence-electron chi connectivity index (χ0n) is 24.1. The summed E-state index contributed by atoms with van der Waals surface area (Å²) in [6.45, 7) is 13.8. The quantitative estimate of drug-likeness (QED) is 0.144. The number of Topliss-reactive ketones (excluding diaryl/α,β-unsaturated/α-hetero) is 1. The van der Waals surface area contributed by atoms with Gasteiger partial charge in [0.05, 0.1) is 24.0 Å². The molecule has 1 aromatic carbocycles. The molecule has 0 radical (unpaired) electrons. The van der Waals surface area contributed by atoms with Gasteiger partial charge in [0.25, 0.3) is 0 Å². The average Bonchev–Trinajstić information content (AvgIpc) is 3.34. The highest BCUT2D eigenvalue weighted by molar-refractivity contribution is 6.39. The fourth-order valence-corrected chi connectivity index (χ4v) is 6.84. The monoisotopic (exact) mass is 550 g/mol. The summed E-state index contributed by atoms with van der Waals surface area (Å²) in [7, 11) is 0. The molecule has 40 heavy (non-hydrogen) atoms. The molecule has 0 spiro atoms. The SMILES string of the molecule is C=C[C@]1(C)CC(OC(=O)CN=CC(=NN)c2cc(C#N)ccc2O)[C@](C)(C(C)CC)C2C(=O)CCC2C(C)[C@@H]1O. The fourth-order valence-electron chi connectivity index (χ4n) is 6.84. The lowest BCUT2D eigenvalue weighted by Gasteiger charge is -2.54. The van der Waals surface area contributed by atoms with Gasteiger partial charge in [-0.1, -0.05) is 47.1 Å². The Hall–Kier alpha value is -3.51. The number of phenols is 1. The third-order valence-corrected chi connectivity index (χ3v) is 9.73. The molecular formula is C31H42N4O5. The number of fused-ring (bicyclic) bond motifs is 1. The molecule has 3 rings (SSSR count). The molecule has 2 aliphatic carbocycles. The van der Waals surface area contributed by atoms with Gasteiger partial charge < -0.3 is 20.8 Å². The maximum Gasteiger partial charge on any atom is 0.327 e. The van der Waals surface area contributed by atoms with Gasteiger partial charge in [0.15, 0.2) is 0 Å². The van der Waals surface area contributed by atoms with E-state index in [0.717, 1.165) is 6.42 Å². The van der Waals surface area contributed by atoms with Crippen molar-refractivity contribution in [3.63, 3.8) is 0 Å². The van der Waals surface area contributed by atoms with E-state index in [1.54, 1.807) is 6.08 Å². The standard InChI is InChI=1S/C31H42N4O5/c1-7-18(3)31(6)26(14-30(5,8-2)29(39)19(4)21-10-12-25(37)28(21)31)40-27(38)17-34-16-23(35-33)22-13-20(15-32)9-11-24(22)36/h8-9,11,13,16,18-19,21,26,28-29,36,39H,2,7,10,12,14,17,33H2,1,3-6H3/t18?,19?,21?,26?,28?,29-,30+,31-/m0/s1. The molecule has 9 nitrogen and oxygen atoms in total. The molecule has 2 aliphatic rings. The van der Waals surface area contributed by atoms with Crippen LogP contribution in [0, 0.1) is 45.8 Å². The minimum Gasteiger partial charge on any atom is -0.507 e. The van der Waals surface area contributed by atoms with Crippen LogP contribution in [0.1, 0.15) is 71.4 Å². The molecule has 0 aromatic heterocycles. The number of nitriles is 1. The second kappa shape index (κ2) is 12.3. The number of aliphatic hydroxyl groups excluding tert-OH is 1. The van der Waals surface area contributed by atoms with E-state index in [0.29, 0.717) is 24.8 Å². The summed E-state index contributed by atoms with van der Waals surface area (Å²) in [5.74, 6) is 4.51. The second-order valence-electron chi connectivity index (χ2n) is 11.8. The summed E-state index contributed by atoms with van der Waals surface area (Å²) in [6, 6.07) is 6.23. The van der Waals surface area contributed by atoms with E-state index in [1.807, 2.05) is 19.9 Å². The van der Waals surface area contributed by atoms with Gasteiger partial charge in [0.2, 0.25) is 0 Å². The summed E-state index contributed by atoms with van der Waals surface area (Å²) in [4.78, 5) is 30.8. The number of aliphatic hydroxyl groups is 1. The van der Waals surface area contributed by atoms with Crippen LogP contribution in [0.15, 0.2) is 40.9 Å². The number of hydrogen-bond acceptors (Lipinski definition) is 9. The maximum atomic E-state index is 13.4. The van der Waals surface area contributed by atoms with Crippen molar-refractivity contribution in [3.05, 3.63) is 42.0 Å². The molecule has 9 heteroatoms. The van der Waals surface area contributed by atoms with Crippen molar-refractivity contribution >= 4 is 23.7 Å². The van der Waals surface area contributed by atoms with Crippen LogP contribution in [0.2, 0.25) is 0 Å². The second-order valence-corrected chi connectivity index (χ2v) is 11.8. The lowest BCUT2D eigenvalue weighted by atomic mass is 9.53. The van der Waals surface area contributed by atoms with Crippen LogP contribution >= 0.6 is 0 Å². The van der Waals surface area contributed by atoms with Crippen molar-refractivity contribution in [2.24, 2.45) is 50.4 Å². The summed E-state index contributed by atoms with van der Waals surface area (Å²) in [6.07, 6.45) is 3.85. The summed E-state index contributed by atoms with van der Waals surface area (Å²) < 4.78 is 6.16. The summed E-state index contributed by atoms with van der Waals surface area (Å²) in [5.41, 5.74) is -0.788. The van der Waals surface area contributed by atoms with Gasteiger partial charge in [0, 0.05) is 28.7 Å². The number of esters is 1. The third kappa shape index (κ3) is 5.68. The number of ketones is 1. The lowest BCUT2D eigenvalue weighted by Crippen LogP contribution is -2.57. The number of nitrogens with zero attached hydrogens (tertiary/aromatic N) is 3. The van der Waals surface area contributed by atoms with Crippen molar-refractivity contribution in [2.75, 3.05) is 6.54 Å². The number of rotatable bonds is 8. The number of hydrazone groups is 1. The van der Waals surface area contributed by atoms with E-state index in [2.05, 4.69) is 37.4 Å². The predicted octanol–water partition coefficient (Wildman–Crippen LogP) is 4.15. The zero-order chi connectivity index (χ0) is 29.8. The Morgan fingerprint density at radius 3 is 2.70 bits per heavy atom. The molecular weight excluding hydrogens is 508 g/mol. The van der Waals surface area contributed by atoms with Crippen molar-refractivity contribution < 1.29 is 24.5 Å². The minimum absolute atomic E-state index is 0.0273. The number of benzene rings is 1. The predicted molar refractivity (Wildman–Crippen MR) is 154 cm³/mol. The Balaban J connectivity index is 1.93. The number of ether oxygens (including phenoxy) is 1. The molecule has 0 amide bonds.